The van der Waals surface area contributed by atoms with E-state index in [1.54, 1.807) is 0 Å². The average molecular weight is 294 g/mol. The lowest BCUT2D eigenvalue weighted by Gasteiger charge is -2.40. The van der Waals surface area contributed by atoms with Crippen LogP contribution < -0.4 is 4.74 Å². The molecule has 2 aliphatic rings. The van der Waals surface area contributed by atoms with E-state index in [9.17, 15) is 0 Å². The Hall–Kier alpha value is -0.730. The van der Waals surface area contributed by atoms with Crippen LogP contribution in [0.25, 0.3) is 0 Å². The van der Waals surface area contributed by atoms with Gasteiger partial charge in [0, 0.05) is 24.4 Å². The van der Waals surface area contributed by atoms with Gasteiger partial charge in [0.25, 0.3) is 0 Å². The molecule has 0 N–H and O–H groups in total. The van der Waals surface area contributed by atoms with Crippen molar-refractivity contribution in [2.75, 3.05) is 25.6 Å². The Balaban J connectivity index is 1.68. The van der Waals surface area contributed by atoms with E-state index in [1.807, 2.05) is 0 Å². The first-order valence-electron chi connectivity index (χ1n) is 7.90. The Morgan fingerprint density at radius 3 is 2.80 bits per heavy atom. The lowest BCUT2D eigenvalue weighted by Crippen LogP contribution is -2.43. The van der Waals surface area contributed by atoms with Crippen molar-refractivity contribution in [3.05, 3.63) is 29.8 Å². The molecule has 2 nitrogen and oxygen atoms in total. The van der Waals surface area contributed by atoms with Gasteiger partial charge in [0.05, 0.1) is 6.61 Å². The third kappa shape index (κ3) is 3.12. The summed E-state index contributed by atoms with van der Waals surface area (Å²) < 4.78 is 5.78. The molecule has 110 valence electrons. The molecule has 1 fully saturated rings. The quantitative estimate of drug-likeness (QED) is 0.734. The molecule has 1 heterocycles. The molecule has 0 saturated heterocycles. The van der Waals surface area contributed by atoms with Crippen LogP contribution in [0.2, 0.25) is 0 Å². The summed E-state index contributed by atoms with van der Waals surface area (Å²) in [5.74, 6) is 2.48. The fraction of sp³-hybridized carbons (Fsp3) is 0.647. The summed E-state index contributed by atoms with van der Waals surface area (Å²) >= 11 is 5.89. The molecule has 20 heavy (non-hydrogen) atoms. The van der Waals surface area contributed by atoms with E-state index in [2.05, 4.69) is 29.2 Å². The largest absolute Gasteiger partial charge is 0.493 e. The third-order valence-electron chi connectivity index (χ3n) is 4.71. The van der Waals surface area contributed by atoms with E-state index < -0.39 is 0 Å². The first-order chi connectivity index (χ1) is 9.88. The Morgan fingerprint density at radius 2 is 2.05 bits per heavy atom. The van der Waals surface area contributed by atoms with Gasteiger partial charge in [0.2, 0.25) is 0 Å². The van der Waals surface area contributed by atoms with E-state index in [4.69, 9.17) is 16.3 Å². The molecule has 1 atom stereocenters. The summed E-state index contributed by atoms with van der Waals surface area (Å²) in [4.78, 5) is 2.68. The first-order valence-corrected chi connectivity index (χ1v) is 8.43. The van der Waals surface area contributed by atoms with E-state index in [0.29, 0.717) is 5.92 Å². The fourth-order valence-electron chi connectivity index (χ4n) is 3.33. The van der Waals surface area contributed by atoms with Gasteiger partial charge in [0.15, 0.2) is 0 Å². The predicted molar refractivity (Wildman–Crippen MR) is 83.8 cm³/mol. The summed E-state index contributed by atoms with van der Waals surface area (Å²) in [5.41, 5.74) is 1.40. The number of nitrogens with zero attached hydrogens (tertiary/aromatic N) is 1. The minimum atomic E-state index is 0.621. The molecule has 1 saturated carbocycles. The molecule has 1 unspecified atom stereocenters. The Morgan fingerprint density at radius 1 is 1.20 bits per heavy atom. The van der Waals surface area contributed by atoms with Crippen molar-refractivity contribution in [1.29, 1.82) is 0 Å². The summed E-state index contributed by atoms with van der Waals surface area (Å²) in [7, 11) is 0. The predicted octanol–water partition coefficient (Wildman–Crippen LogP) is 4.04. The lowest BCUT2D eigenvalue weighted by molar-refractivity contribution is 0.111. The maximum atomic E-state index is 5.89. The molecule has 1 aromatic rings. The van der Waals surface area contributed by atoms with Crippen molar-refractivity contribution in [1.82, 2.24) is 4.90 Å². The van der Waals surface area contributed by atoms with Gasteiger partial charge in [-0.3, -0.25) is 4.90 Å². The van der Waals surface area contributed by atoms with Crippen molar-refractivity contribution >= 4 is 11.6 Å². The van der Waals surface area contributed by atoms with Crippen LogP contribution in [0.15, 0.2) is 24.3 Å². The highest BCUT2D eigenvalue weighted by molar-refractivity contribution is 6.17. The number of halogens is 1. The zero-order chi connectivity index (χ0) is 13.8. The second-order valence-electron chi connectivity index (χ2n) is 5.99. The van der Waals surface area contributed by atoms with Crippen LogP contribution in [0.5, 0.6) is 5.75 Å². The molecule has 0 aromatic heterocycles. The van der Waals surface area contributed by atoms with Gasteiger partial charge in [-0.25, -0.2) is 0 Å². The number of benzene rings is 1. The van der Waals surface area contributed by atoms with Crippen LogP contribution in [0, 0.1) is 0 Å². The van der Waals surface area contributed by atoms with Gasteiger partial charge in [0.1, 0.15) is 5.75 Å². The highest BCUT2D eigenvalue weighted by Gasteiger charge is 2.29. The Labute approximate surface area is 127 Å². The molecule has 3 heteroatoms. The second-order valence-corrected chi connectivity index (χ2v) is 6.37. The second kappa shape index (κ2) is 6.82. The average Bonchev–Trinajstić information content (AvgIpc) is 2.43. The third-order valence-corrected chi connectivity index (χ3v) is 4.97. The van der Waals surface area contributed by atoms with Crippen LogP contribution in [-0.4, -0.2) is 36.5 Å². The molecular formula is C17H24ClNO. The Bertz CT molecular complexity index is 433. The van der Waals surface area contributed by atoms with E-state index >= 15 is 0 Å². The van der Waals surface area contributed by atoms with Crippen molar-refractivity contribution in [2.24, 2.45) is 0 Å². The maximum Gasteiger partial charge on any atom is 0.122 e. The summed E-state index contributed by atoms with van der Waals surface area (Å²) in [6.07, 6.45) is 6.37. The number of fused-ring (bicyclic) bond motifs is 1. The van der Waals surface area contributed by atoms with Crippen molar-refractivity contribution in [3.63, 3.8) is 0 Å². The number of ether oxygens (including phenoxy) is 1. The molecule has 0 spiro atoms. The number of rotatable bonds is 6. The minimum Gasteiger partial charge on any atom is -0.493 e. The van der Waals surface area contributed by atoms with E-state index in [1.165, 1.54) is 31.4 Å². The van der Waals surface area contributed by atoms with Gasteiger partial charge >= 0.3 is 0 Å². The van der Waals surface area contributed by atoms with Crippen LogP contribution in [0.1, 0.15) is 43.6 Å². The number of alkyl halides is 1. The molecule has 0 bridgehead atoms. The van der Waals surface area contributed by atoms with Crippen LogP contribution in [0.4, 0.5) is 0 Å². The van der Waals surface area contributed by atoms with Gasteiger partial charge in [-0.2, -0.15) is 0 Å². The molecule has 0 radical (unpaired) electrons. The van der Waals surface area contributed by atoms with E-state index in [-0.39, 0.29) is 0 Å². The zero-order valence-corrected chi connectivity index (χ0v) is 12.8. The summed E-state index contributed by atoms with van der Waals surface area (Å²) in [5, 5.41) is 0. The number of hydrogen-bond donors (Lipinski definition) is 0. The molecule has 1 aliphatic heterocycles. The minimum absolute atomic E-state index is 0.621. The normalized spacial score (nSPS) is 22.2. The summed E-state index contributed by atoms with van der Waals surface area (Å²) in [6.45, 7) is 3.17. The smallest absolute Gasteiger partial charge is 0.122 e. The SMILES string of the molecule is ClCCCN(CC1CCOc2ccccc21)C1CCC1. The van der Waals surface area contributed by atoms with Crippen LogP contribution in [0.3, 0.4) is 0 Å². The highest BCUT2D eigenvalue weighted by atomic mass is 35.5. The number of hydrogen-bond acceptors (Lipinski definition) is 2. The fourth-order valence-corrected chi connectivity index (χ4v) is 3.45. The van der Waals surface area contributed by atoms with Crippen molar-refractivity contribution in [2.45, 2.75) is 44.1 Å². The zero-order valence-electron chi connectivity index (χ0n) is 12.1. The lowest BCUT2D eigenvalue weighted by atomic mass is 9.88. The van der Waals surface area contributed by atoms with Crippen LogP contribution >= 0.6 is 11.6 Å². The monoisotopic (exact) mass is 293 g/mol. The van der Waals surface area contributed by atoms with Gasteiger partial charge in [-0.05, 0) is 43.9 Å². The van der Waals surface area contributed by atoms with Gasteiger partial charge in [-0.15, -0.1) is 11.6 Å². The Kier molecular flexibility index (Phi) is 4.85. The molecule has 3 rings (SSSR count). The maximum absolute atomic E-state index is 5.89. The standard InChI is InChI=1S/C17H24ClNO/c18-10-4-11-19(15-5-3-6-15)13-14-9-12-20-17-8-2-1-7-16(14)17/h1-2,7-8,14-15H,3-6,9-13H2. The first kappa shape index (κ1) is 14.2. The topological polar surface area (TPSA) is 12.5 Å². The highest BCUT2D eigenvalue weighted by Crippen LogP contribution is 2.35. The van der Waals surface area contributed by atoms with Crippen molar-refractivity contribution < 1.29 is 4.74 Å². The summed E-state index contributed by atoms with van der Waals surface area (Å²) in [6, 6.07) is 9.34. The molecular weight excluding hydrogens is 270 g/mol. The van der Waals surface area contributed by atoms with Crippen molar-refractivity contribution in [3.8, 4) is 5.75 Å². The number of para-hydroxylation sites is 1. The molecule has 1 aromatic carbocycles. The van der Waals surface area contributed by atoms with Crippen LogP contribution in [-0.2, 0) is 0 Å². The van der Waals surface area contributed by atoms with Gasteiger partial charge < -0.3 is 4.74 Å². The van der Waals surface area contributed by atoms with E-state index in [0.717, 1.165) is 43.7 Å². The molecule has 0 amide bonds. The molecule has 1 aliphatic carbocycles. The van der Waals surface area contributed by atoms with Gasteiger partial charge in [-0.1, -0.05) is 24.6 Å².